The van der Waals surface area contributed by atoms with Crippen LogP contribution >= 0.6 is 0 Å². The summed E-state index contributed by atoms with van der Waals surface area (Å²) in [5, 5.41) is 16.1. The van der Waals surface area contributed by atoms with Gasteiger partial charge in [-0.1, -0.05) is 298 Å². The van der Waals surface area contributed by atoms with Crippen LogP contribution < -0.4 is 26.2 Å². The number of aromatic nitrogens is 4. The number of para-hydroxylation sites is 3. The van der Waals surface area contributed by atoms with Crippen molar-refractivity contribution in [2.45, 2.75) is 131 Å². The summed E-state index contributed by atoms with van der Waals surface area (Å²) < 4.78 is 202. The fourth-order valence-corrected chi connectivity index (χ4v) is 19.3. The Bertz CT molecular complexity index is 8940. The summed E-state index contributed by atoms with van der Waals surface area (Å²) in [5.41, 5.74) is 14.1. The van der Waals surface area contributed by atoms with E-state index >= 15 is 0 Å². The topological polar surface area (TPSA) is 50.0 Å². The van der Waals surface area contributed by atoms with Gasteiger partial charge in [-0.2, -0.15) is 5.26 Å². The minimum atomic E-state index is -0.888. The molecule has 8 heteroatoms. The predicted octanol–water partition coefficient (Wildman–Crippen LogP) is 29.5. The Morgan fingerprint density at radius 1 is 0.272 bits per heavy atom. The number of anilines is 6. The molecule has 0 fully saturated rings. The monoisotopic (exact) mass is 1630 g/mol. The molecule has 0 unspecified atom stereocenters. The van der Waals surface area contributed by atoms with Crippen LogP contribution in [0.3, 0.4) is 0 Å². The lowest BCUT2D eigenvalue weighted by molar-refractivity contribution is 0.590. The Labute approximate surface area is 761 Å². The second-order valence-corrected chi connectivity index (χ2v) is 38.6. The number of hydrogen-bond donors (Lipinski definition) is 0. The molecule has 0 amide bonds. The summed E-state index contributed by atoms with van der Waals surface area (Å²) in [7, 11) is 0. The van der Waals surface area contributed by atoms with Gasteiger partial charge in [-0.15, -0.1) is 0 Å². The number of rotatable bonds is 9. The van der Waals surface area contributed by atoms with E-state index in [1.165, 1.54) is 9.13 Å². The molecule has 20 aromatic rings. The molecule has 125 heavy (non-hydrogen) atoms. The van der Waals surface area contributed by atoms with Crippen LogP contribution in [0.15, 0.2) is 333 Å². The summed E-state index contributed by atoms with van der Waals surface area (Å²) in [4.78, 5) is 4.23. The molecule has 2 aliphatic heterocycles. The Hall–Kier alpha value is -14.1. The summed E-state index contributed by atoms with van der Waals surface area (Å²) in [6.45, 7) is 32.1. The molecular weight excluding hydrogens is 1510 g/mol. The second-order valence-electron chi connectivity index (χ2n) is 38.6. The largest absolute Gasteiger partial charge is 0.310 e. The lowest BCUT2D eigenvalue weighted by Crippen LogP contribution is -2.61. The molecule has 0 spiro atoms. The molecule has 7 nitrogen and oxygen atoms in total. The van der Waals surface area contributed by atoms with Crippen molar-refractivity contribution in [1.29, 1.82) is 5.26 Å². The summed E-state index contributed by atoms with van der Waals surface area (Å²) in [5.74, 6) is 0. The predicted molar refractivity (Wildman–Crippen MR) is 532 cm³/mol. The van der Waals surface area contributed by atoms with E-state index in [4.69, 9.17) is 4.11 Å². The average Bonchev–Trinajstić information content (AvgIpc) is 1.33. The number of hydrogen-bond acceptors (Lipinski definition) is 3. The van der Waals surface area contributed by atoms with Crippen LogP contribution in [-0.4, -0.2) is 25.0 Å². The zero-order valence-electron chi connectivity index (χ0n) is 92.4. The highest BCUT2D eigenvalue weighted by Crippen LogP contribution is 2.55. The third-order valence-corrected chi connectivity index (χ3v) is 25.7. The zero-order chi connectivity index (χ0) is 103. The minimum Gasteiger partial charge on any atom is -0.310 e. The van der Waals surface area contributed by atoms with E-state index in [0.717, 1.165) is 105 Å². The molecule has 0 atom stereocenters. The van der Waals surface area contributed by atoms with Crippen molar-refractivity contribution in [2.75, 3.05) is 9.80 Å². The van der Waals surface area contributed by atoms with Crippen molar-refractivity contribution in [3.05, 3.63) is 367 Å². The van der Waals surface area contributed by atoms with Gasteiger partial charge in [0, 0.05) is 88.3 Å². The molecule has 6 heterocycles. The van der Waals surface area contributed by atoms with Crippen molar-refractivity contribution < 1.29 is 27.4 Å². The van der Waals surface area contributed by atoms with Crippen LogP contribution in [-0.2, 0) is 27.1 Å². The first-order valence-electron chi connectivity index (χ1n) is 52.7. The lowest BCUT2D eigenvalue weighted by atomic mass is 9.33. The van der Waals surface area contributed by atoms with Gasteiger partial charge >= 0.3 is 0 Å². The molecule has 0 bridgehead atoms. The molecular formula is C117H100BN7. The van der Waals surface area contributed by atoms with Crippen LogP contribution in [0.5, 0.6) is 0 Å². The van der Waals surface area contributed by atoms with Gasteiger partial charge in [0.05, 0.1) is 94.3 Å². The number of nitrogens with zero attached hydrogens (tertiary/aromatic N) is 7. The molecule has 2 aliphatic rings. The molecule has 0 aliphatic carbocycles. The maximum atomic E-state index is 13.2. The van der Waals surface area contributed by atoms with E-state index in [1.54, 1.807) is 18.2 Å². The number of benzene rings is 16. The van der Waals surface area contributed by atoms with Gasteiger partial charge in [-0.05, 0) is 233 Å². The zero-order valence-corrected chi connectivity index (χ0v) is 72.4. The van der Waals surface area contributed by atoms with Crippen LogP contribution in [0.4, 0.5) is 34.1 Å². The van der Waals surface area contributed by atoms with Crippen LogP contribution in [0.1, 0.15) is 165 Å². The van der Waals surface area contributed by atoms with Gasteiger partial charge in [0.2, 0.25) is 0 Å². The summed E-state index contributed by atoms with van der Waals surface area (Å²) >= 11 is 0. The fraction of sp³-hybridized carbons (Fsp3) is 0.171. The van der Waals surface area contributed by atoms with Crippen molar-refractivity contribution >= 4 is 144 Å². The maximum Gasteiger partial charge on any atom is 0.252 e. The van der Waals surface area contributed by atoms with Gasteiger partial charge in [0.15, 0.2) is 0 Å². The van der Waals surface area contributed by atoms with Crippen LogP contribution in [0, 0.1) is 11.3 Å². The minimum absolute atomic E-state index is 0.0807. The summed E-state index contributed by atoms with van der Waals surface area (Å²) in [6.07, 6.45) is 0. The van der Waals surface area contributed by atoms with Gasteiger partial charge in [-0.25, -0.2) is 0 Å². The van der Waals surface area contributed by atoms with Crippen molar-refractivity contribution in [1.82, 2.24) is 18.3 Å². The number of fused-ring (bicyclic) bond motifs is 16. The average molecular weight is 1640 g/mol. The highest BCUT2D eigenvalue weighted by atomic mass is 15.2. The quantitative estimate of drug-likeness (QED) is 0.135. The Morgan fingerprint density at radius 2 is 0.656 bits per heavy atom. The van der Waals surface area contributed by atoms with Gasteiger partial charge in [0.25, 0.3) is 6.71 Å². The number of nitriles is 1. The van der Waals surface area contributed by atoms with Crippen LogP contribution in [0.25, 0.3) is 143 Å². The molecule has 0 N–H and O–H groups in total. The molecule has 606 valence electrons. The third kappa shape index (κ3) is 12.2. The first-order valence-corrected chi connectivity index (χ1v) is 42.7. The van der Waals surface area contributed by atoms with E-state index in [9.17, 15) is 28.6 Å². The SMILES string of the molecule is [2H]c1c([2H])c([2H])c(-c2c([2H])c([2H])c3c(c2[2H])c2c([2H])c([2H])c([2H])c([2H])c2n3-c2cccc(N3c4cc(-n5c6ccc(C(C)(C)C)cc6c6cc(C(C)(C)C)ccc65)ccc4B4c5ccc(-n6c7ccc(C(C)(C)C)cc7c7cc(C(C)(C)C)ccc76)cc5N(c5c(-c6ccccc6)cc(C(C)(C)C)cc5-c5ccccc5)c5cc(-n6c7c([2H])c([2H])c([2H])c([2H])c7c7c([2H])c([2H])c([2H])c([2H])c76)cc3c54)c2C#N)c([2H])c1[2H]. The van der Waals surface area contributed by atoms with Gasteiger partial charge in [-0.3, -0.25) is 0 Å². The lowest BCUT2D eigenvalue weighted by Gasteiger charge is -2.45. The molecule has 16 aromatic carbocycles. The van der Waals surface area contributed by atoms with Crippen molar-refractivity contribution in [3.63, 3.8) is 0 Å². The first-order chi connectivity index (χ1) is 68.5. The summed E-state index contributed by atoms with van der Waals surface area (Å²) in [6, 6.07) is 61.7. The van der Waals surface area contributed by atoms with Crippen molar-refractivity contribution in [3.8, 4) is 62.2 Å². The smallest absolute Gasteiger partial charge is 0.252 e. The van der Waals surface area contributed by atoms with E-state index in [0.29, 0.717) is 45.0 Å². The molecule has 0 saturated heterocycles. The Morgan fingerprint density at radius 3 is 1.10 bits per heavy atom. The fourth-order valence-electron chi connectivity index (χ4n) is 19.3. The molecule has 22 rings (SSSR count). The first kappa shape index (κ1) is 58.0. The van der Waals surface area contributed by atoms with Crippen LogP contribution in [0.2, 0.25) is 0 Å². The van der Waals surface area contributed by atoms with Gasteiger partial charge < -0.3 is 28.1 Å². The van der Waals surface area contributed by atoms with Crippen molar-refractivity contribution in [2.24, 2.45) is 0 Å². The Balaban J connectivity index is 0.966. The second kappa shape index (κ2) is 27.9. The third-order valence-electron chi connectivity index (χ3n) is 25.7. The van der Waals surface area contributed by atoms with E-state index in [-0.39, 0.29) is 87.9 Å². The maximum absolute atomic E-state index is 13.2. The Kier molecular flexibility index (Phi) is 13.0. The van der Waals surface area contributed by atoms with Gasteiger partial charge in [0.1, 0.15) is 11.6 Å². The normalized spacial score (nSPS) is 15.4. The van der Waals surface area contributed by atoms with E-state index < -0.39 is 144 Å². The molecule has 0 radical (unpaired) electrons. The van der Waals surface area contributed by atoms with E-state index in [1.807, 2.05) is 53.4 Å². The highest BCUT2D eigenvalue weighted by molar-refractivity contribution is 7.00. The molecule has 4 aromatic heterocycles. The van der Waals surface area contributed by atoms with E-state index in [2.05, 4.69) is 270 Å². The molecule has 0 saturated carbocycles. The standard InChI is InChI=1S/C117H100BN7/c1-113(2,3)76-47-56-102-90(61-76)91-62-77(114(4,5)6)48-57-103(91)120(102)81-51-53-95-107(67-81)124(101-45-31-44-100(94(101)71-119)123-99-43-30-27-40-86(99)89-60-75(46-55-106(89)123)72-32-19-16-20-33-72)109-69-83(122-97-41-28-25-38-84(97)85-39-26-29-42-98(85)122)70-110-111(109)118(95)96-54-52-82(121-104-58-49-78(115(7,8)9)63-92(104)93-64-79(116(10,11)12)50-59-105(93)121)68-108(96)125(110)112-87(73-34-21-17-22-35-73)65-80(117(13,14)15)66-88(112)74-36-23-18-24-37-74/h16-70H,1-15H3/i16D,19D,20D,25D,26D,27D,28D,29D,30D,32D,33D,38D,39D,40D,41D,42D,43D,46D,55D,60D. The highest BCUT2D eigenvalue weighted by Gasteiger charge is 2.47.